The molecule has 110 valence electrons. The van der Waals surface area contributed by atoms with E-state index in [9.17, 15) is 4.79 Å². The van der Waals surface area contributed by atoms with E-state index in [0.717, 1.165) is 5.56 Å². The number of hydrogen-bond acceptors (Lipinski definition) is 5. The van der Waals surface area contributed by atoms with Crippen LogP contribution in [0.1, 0.15) is 18.4 Å². The Kier molecular flexibility index (Phi) is 7.34. The van der Waals surface area contributed by atoms with Gasteiger partial charge in [0.1, 0.15) is 5.75 Å². The molecular weight excluding hydrogens is 268 g/mol. The molecule has 0 aliphatic carbocycles. The Hall–Kier alpha value is -2.57. The van der Waals surface area contributed by atoms with Crippen LogP contribution in [0.4, 0.5) is 0 Å². The Labute approximate surface area is 124 Å². The van der Waals surface area contributed by atoms with Gasteiger partial charge in [-0.25, -0.2) is 0 Å². The van der Waals surface area contributed by atoms with Crippen LogP contribution in [-0.4, -0.2) is 30.5 Å². The minimum atomic E-state index is -0.237. The van der Waals surface area contributed by atoms with Gasteiger partial charge in [-0.1, -0.05) is 12.1 Å². The molecule has 0 radical (unpaired) electrons. The summed E-state index contributed by atoms with van der Waals surface area (Å²) in [6.45, 7) is 0.902. The first-order chi connectivity index (χ1) is 10.2. The molecule has 2 N–H and O–H groups in total. The van der Waals surface area contributed by atoms with Crippen molar-refractivity contribution in [1.29, 1.82) is 10.5 Å². The fourth-order valence-corrected chi connectivity index (χ4v) is 1.73. The third-order valence-electron chi connectivity index (χ3n) is 2.84. The molecule has 6 heteroatoms. The molecule has 0 unspecified atom stereocenters. The molecule has 0 saturated heterocycles. The standard InChI is InChI=1S/C15H18N4O2/c16-6-2-8-19(9-3-7-17)15(20)12-21-14-5-1-4-13(10-14)11-18/h1,4-5,10H,2-3,8-9,11-12,18H2. The molecule has 0 fully saturated rings. The molecule has 0 saturated carbocycles. The zero-order valence-corrected chi connectivity index (χ0v) is 11.8. The van der Waals surface area contributed by atoms with Crippen LogP contribution in [0.15, 0.2) is 24.3 Å². The summed E-state index contributed by atoms with van der Waals surface area (Å²) < 4.78 is 5.44. The highest BCUT2D eigenvalue weighted by Gasteiger charge is 2.13. The summed E-state index contributed by atoms with van der Waals surface area (Å²) in [5.41, 5.74) is 6.46. The van der Waals surface area contributed by atoms with Crippen LogP contribution in [0.2, 0.25) is 0 Å². The van der Waals surface area contributed by atoms with Gasteiger partial charge in [0.2, 0.25) is 0 Å². The SMILES string of the molecule is N#CCCN(CCC#N)C(=O)COc1cccc(CN)c1. The smallest absolute Gasteiger partial charge is 0.260 e. The Morgan fingerprint density at radius 1 is 1.24 bits per heavy atom. The maximum atomic E-state index is 12.0. The van der Waals surface area contributed by atoms with Crippen LogP contribution < -0.4 is 10.5 Å². The molecule has 1 amide bonds. The lowest BCUT2D eigenvalue weighted by Gasteiger charge is -2.20. The summed E-state index contributed by atoms with van der Waals surface area (Å²) in [5.74, 6) is 0.338. The Morgan fingerprint density at radius 2 is 1.90 bits per heavy atom. The van der Waals surface area contributed by atoms with Gasteiger partial charge < -0.3 is 15.4 Å². The van der Waals surface area contributed by atoms with Crippen molar-refractivity contribution < 1.29 is 9.53 Å². The first kappa shape index (κ1) is 16.5. The van der Waals surface area contributed by atoms with Gasteiger partial charge in [-0.05, 0) is 17.7 Å². The van der Waals surface area contributed by atoms with E-state index in [0.29, 0.717) is 25.4 Å². The number of benzene rings is 1. The molecular formula is C15H18N4O2. The first-order valence-electron chi connectivity index (χ1n) is 6.64. The number of amides is 1. The van der Waals surface area contributed by atoms with Crippen molar-refractivity contribution in [3.05, 3.63) is 29.8 Å². The normalized spacial score (nSPS) is 9.48. The molecule has 6 nitrogen and oxygen atoms in total. The minimum absolute atomic E-state index is 0.120. The van der Waals surface area contributed by atoms with Crippen molar-refractivity contribution in [2.24, 2.45) is 5.73 Å². The maximum absolute atomic E-state index is 12.0. The van der Waals surface area contributed by atoms with E-state index >= 15 is 0 Å². The topological polar surface area (TPSA) is 103 Å². The Morgan fingerprint density at radius 3 is 2.48 bits per heavy atom. The summed E-state index contributed by atoms with van der Waals surface area (Å²) in [7, 11) is 0. The van der Waals surface area contributed by atoms with Crippen LogP contribution in [0.3, 0.4) is 0 Å². The van der Waals surface area contributed by atoms with Gasteiger partial charge in [0.15, 0.2) is 6.61 Å². The lowest BCUT2D eigenvalue weighted by Crippen LogP contribution is -2.36. The van der Waals surface area contributed by atoms with Crippen molar-refractivity contribution in [2.75, 3.05) is 19.7 Å². The lowest BCUT2D eigenvalue weighted by molar-refractivity contribution is -0.133. The van der Waals surface area contributed by atoms with Gasteiger partial charge >= 0.3 is 0 Å². The van der Waals surface area contributed by atoms with E-state index in [2.05, 4.69) is 0 Å². The van der Waals surface area contributed by atoms with Gasteiger partial charge in [0.05, 0.1) is 25.0 Å². The van der Waals surface area contributed by atoms with Gasteiger partial charge in [-0.3, -0.25) is 4.79 Å². The van der Waals surface area contributed by atoms with Crippen molar-refractivity contribution in [3.63, 3.8) is 0 Å². The summed E-state index contributed by atoms with van der Waals surface area (Å²) in [6, 6.07) is 11.2. The number of nitrogens with two attached hydrogens (primary N) is 1. The Balaban J connectivity index is 2.55. The summed E-state index contributed by atoms with van der Waals surface area (Å²) in [5, 5.41) is 17.2. The fourth-order valence-electron chi connectivity index (χ4n) is 1.73. The van der Waals surface area contributed by atoms with Crippen LogP contribution in [-0.2, 0) is 11.3 Å². The zero-order chi connectivity index (χ0) is 15.5. The molecule has 1 aromatic carbocycles. The highest BCUT2D eigenvalue weighted by molar-refractivity contribution is 5.77. The Bertz CT molecular complexity index is 527. The quantitative estimate of drug-likeness (QED) is 0.772. The highest BCUT2D eigenvalue weighted by atomic mass is 16.5. The third kappa shape index (κ3) is 5.94. The first-order valence-corrected chi connectivity index (χ1v) is 6.64. The molecule has 1 aromatic rings. The molecule has 0 spiro atoms. The molecule has 1 rings (SSSR count). The lowest BCUT2D eigenvalue weighted by atomic mass is 10.2. The molecule has 21 heavy (non-hydrogen) atoms. The van der Waals surface area contributed by atoms with Gasteiger partial charge in [0, 0.05) is 19.6 Å². The number of rotatable bonds is 8. The molecule has 0 heterocycles. The van der Waals surface area contributed by atoms with Crippen LogP contribution >= 0.6 is 0 Å². The van der Waals surface area contributed by atoms with Gasteiger partial charge in [-0.2, -0.15) is 10.5 Å². The second-order valence-electron chi connectivity index (χ2n) is 4.34. The number of hydrogen-bond donors (Lipinski definition) is 1. The predicted molar refractivity (Wildman–Crippen MR) is 76.9 cm³/mol. The van der Waals surface area contributed by atoms with E-state index in [1.807, 2.05) is 24.3 Å². The van der Waals surface area contributed by atoms with E-state index in [4.69, 9.17) is 21.0 Å². The monoisotopic (exact) mass is 286 g/mol. The predicted octanol–water partition coefficient (Wildman–Crippen LogP) is 1.18. The van der Waals surface area contributed by atoms with Crippen molar-refractivity contribution >= 4 is 5.91 Å². The average molecular weight is 286 g/mol. The van der Waals surface area contributed by atoms with Crippen molar-refractivity contribution in [2.45, 2.75) is 19.4 Å². The van der Waals surface area contributed by atoms with E-state index in [1.54, 1.807) is 12.1 Å². The van der Waals surface area contributed by atoms with Crippen LogP contribution in [0.25, 0.3) is 0 Å². The fraction of sp³-hybridized carbons (Fsp3) is 0.400. The summed E-state index contributed by atoms with van der Waals surface area (Å²) in [6.07, 6.45) is 0.472. The molecule has 0 aliphatic heterocycles. The second-order valence-corrected chi connectivity index (χ2v) is 4.34. The average Bonchev–Trinajstić information content (AvgIpc) is 2.53. The largest absolute Gasteiger partial charge is 0.484 e. The van der Waals surface area contributed by atoms with Gasteiger partial charge in [-0.15, -0.1) is 0 Å². The molecule has 0 aliphatic rings. The van der Waals surface area contributed by atoms with E-state index < -0.39 is 0 Å². The van der Waals surface area contributed by atoms with Crippen LogP contribution in [0, 0.1) is 22.7 Å². The van der Waals surface area contributed by atoms with E-state index in [-0.39, 0.29) is 25.4 Å². The third-order valence-corrected chi connectivity index (χ3v) is 2.84. The van der Waals surface area contributed by atoms with Crippen molar-refractivity contribution in [1.82, 2.24) is 4.90 Å². The number of nitrogens with zero attached hydrogens (tertiary/aromatic N) is 3. The highest BCUT2D eigenvalue weighted by Crippen LogP contribution is 2.13. The zero-order valence-electron chi connectivity index (χ0n) is 11.8. The number of ether oxygens (including phenoxy) is 1. The maximum Gasteiger partial charge on any atom is 0.260 e. The molecule has 0 bridgehead atoms. The second kappa shape index (κ2) is 9.35. The molecule has 0 atom stereocenters. The minimum Gasteiger partial charge on any atom is -0.484 e. The summed E-state index contributed by atoms with van der Waals surface area (Å²) in [4.78, 5) is 13.5. The van der Waals surface area contributed by atoms with Crippen LogP contribution in [0.5, 0.6) is 5.75 Å². The number of carbonyl (C=O) groups is 1. The molecule has 0 aromatic heterocycles. The van der Waals surface area contributed by atoms with Crippen molar-refractivity contribution in [3.8, 4) is 17.9 Å². The number of carbonyl (C=O) groups excluding carboxylic acids is 1. The van der Waals surface area contributed by atoms with Gasteiger partial charge in [0.25, 0.3) is 5.91 Å². The summed E-state index contributed by atoms with van der Waals surface area (Å²) >= 11 is 0. The van der Waals surface area contributed by atoms with E-state index in [1.165, 1.54) is 4.90 Å². The number of nitriles is 2.